The molecule has 3 rings (SSSR count). The van der Waals surface area contributed by atoms with Crippen LogP contribution in [0.25, 0.3) is 5.57 Å². The molecule has 0 aliphatic carbocycles. The molecule has 1 heterocycles. The maximum absolute atomic E-state index is 12.9. The van der Waals surface area contributed by atoms with Crippen molar-refractivity contribution in [2.24, 2.45) is 5.73 Å². The van der Waals surface area contributed by atoms with Gasteiger partial charge in [0.1, 0.15) is 11.5 Å². The summed E-state index contributed by atoms with van der Waals surface area (Å²) < 4.78 is 10.9. The lowest BCUT2D eigenvalue weighted by Crippen LogP contribution is -2.33. The van der Waals surface area contributed by atoms with E-state index in [4.69, 9.17) is 20.6 Å². The lowest BCUT2D eigenvalue weighted by atomic mass is 10.1. The number of anilines is 1. The Kier molecular flexibility index (Phi) is 6.39. The number of ether oxygens (including phenoxy) is 2. The lowest BCUT2D eigenvalue weighted by Gasteiger charge is -2.20. The number of para-hydroxylation sites is 1. The van der Waals surface area contributed by atoms with Crippen molar-refractivity contribution in [2.75, 3.05) is 38.8 Å². The van der Waals surface area contributed by atoms with Crippen LogP contribution in [0.1, 0.15) is 11.1 Å². The number of methoxy groups -OCH3 is 2. The van der Waals surface area contributed by atoms with Crippen LogP contribution in [-0.4, -0.2) is 51.0 Å². The monoisotopic (exact) mass is 394 g/mol. The summed E-state index contributed by atoms with van der Waals surface area (Å²) in [6.07, 6.45) is 3.28. The first kappa shape index (κ1) is 20.3. The Hall–Kier alpha value is -3.48. The Balaban J connectivity index is 1.73. The van der Waals surface area contributed by atoms with Gasteiger partial charge in [-0.2, -0.15) is 0 Å². The largest absolute Gasteiger partial charge is 0.496 e. The van der Waals surface area contributed by atoms with Crippen molar-refractivity contribution < 1.29 is 14.3 Å². The van der Waals surface area contributed by atoms with Crippen LogP contribution in [0, 0.1) is 5.41 Å². The molecule has 7 heteroatoms. The molecule has 0 unspecified atom stereocenters. The van der Waals surface area contributed by atoms with E-state index in [0.717, 1.165) is 23.4 Å². The maximum atomic E-state index is 12.9. The Morgan fingerprint density at radius 3 is 2.59 bits per heavy atom. The minimum Gasteiger partial charge on any atom is -0.496 e. The molecule has 2 amide bonds. The highest BCUT2D eigenvalue weighted by Crippen LogP contribution is 2.31. The Morgan fingerprint density at radius 1 is 1.14 bits per heavy atom. The van der Waals surface area contributed by atoms with Crippen LogP contribution < -0.4 is 20.1 Å². The van der Waals surface area contributed by atoms with Gasteiger partial charge in [0.2, 0.25) is 0 Å². The average Bonchev–Trinajstić information content (AvgIpc) is 3.13. The van der Waals surface area contributed by atoms with Gasteiger partial charge in [0.05, 0.1) is 14.2 Å². The molecular formula is C22H26N4O3. The molecule has 1 aliphatic heterocycles. The van der Waals surface area contributed by atoms with Crippen molar-refractivity contribution in [2.45, 2.75) is 6.42 Å². The molecule has 152 valence electrons. The molecule has 2 aromatic rings. The van der Waals surface area contributed by atoms with Crippen LogP contribution in [0.15, 0.2) is 48.7 Å². The SMILES string of the molecule is COc1ccccc1CCN1CCN(c2ccc(/C(C=N)=C/N)c(OC)c2)C1=O. The first-order chi connectivity index (χ1) is 14.1. The van der Waals surface area contributed by atoms with E-state index in [-0.39, 0.29) is 6.03 Å². The number of nitrogens with zero attached hydrogens (tertiary/aromatic N) is 2. The van der Waals surface area contributed by atoms with Gasteiger partial charge in [0.15, 0.2) is 0 Å². The fourth-order valence-corrected chi connectivity index (χ4v) is 3.50. The molecule has 0 bridgehead atoms. The number of carbonyl (C=O) groups excluding carboxylic acids is 1. The van der Waals surface area contributed by atoms with Crippen LogP contribution in [0.4, 0.5) is 10.5 Å². The highest BCUT2D eigenvalue weighted by molar-refractivity contribution is 6.09. The lowest BCUT2D eigenvalue weighted by molar-refractivity contribution is 0.221. The summed E-state index contributed by atoms with van der Waals surface area (Å²) in [5.41, 5.74) is 8.71. The van der Waals surface area contributed by atoms with Gasteiger partial charge in [-0.25, -0.2) is 4.79 Å². The first-order valence-corrected chi connectivity index (χ1v) is 9.42. The summed E-state index contributed by atoms with van der Waals surface area (Å²) in [5.74, 6) is 1.41. The van der Waals surface area contributed by atoms with Gasteiger partial charge in [-0.05, 0) is 30.2 Å². The van der Waals surface area contributed by atoms with Crippen molar-refractivity contribution in [3.05, 3.63) is 59.8 Å². The number of carbonyl (C=O) groups is 1. The van der Waals surface area contributed by atoms with Gasteiger partial charge in [-0.15, -0.1) is 0 Å². The highest BCUT2D eigenvalue weighted by Gasteiger charge is 2.30. The summed E-state index contributed by atoms with van der Waals surface area (Å²) in [4.78, 5) is 16.5. The predicted molar refractivity (Wildman–Crippen MR) is 115 cm³/mol. The fourth-order valence-electron chi connectivity index (χ4n) is 3.50. The third kappa shape index (κ3) is 4.18. The van der Waals surface area contributed by atoms with Crippen LogP contribution in [-0.2, 0) is 6.42 Å². The molecule has 29 heavy (non-hydrogen) atoms. The molecule has 1 saturated heterocycles. The Labute approximate surface area is 170 Å². The zero-order chi connectivity index (χ0) is 20.8. The minimum atomic E-state index is -0.0312. The van der Waals surface area contributed by atoms with Crippen LogP contribution >= 0.6 is 0 Å². The van der Waals surface area contributed by atoms with Crippen LogP contribution in [0.2, 0.25) is 0 Å². The zero-order valence-corrected chi connectivity index (χ0v) is 16.7. The van der Waals surface area contributed by atoms with Gasteiger partial charge < -0.3 is 25.5 Å². The summed E-state index contributed by atoms with van der Waals surface area (Å²) in [7, 11) is 3.22. The van der Waals surface area contributed by atoms with E-state index < -0.39 is 0 Å². The Bertz CT molecular complexity index is 926. The van der Waals surface area contributed by atoms with Crippen molar-refractivity contribution in [3.63, 3.8) is 0 Å². The second-order valence-corrected chi connectivity index (χ2v) is 6.63. The number of nitrogens with one attached hydrogen (secondary N) is 1. The summed E-state index contributed by atoms with van der Waals surface area (Å²) >= 11 is 0. The molecule has 0 spiro atoms. The molecule has 1 fully saturated rings. The maximum Gasteiger partial charge on any atom is 0.324 e. The van der Waals surface area contributed by atoms with Crippen molar-refractivity contribution in [3.8, 4) is 11.5 Å². The van der Waals surface area contributed by atoms with Crippen molar-refractivity contribution in [1.82, 2.24) is 4.90 Å². The molecule has 1 aliphatic rings. The summed E-state index contributed by atoms with van der Waals surface area (Å²) in [5, 5.41) is 7.49. The fraction of sp³-hybridized carbons (Fsp3) is 0.273. The van der Waals surface area contributed by atoms with Gasteiger partial charge in [-0.3, -0.25) is 4.90 Å². The molecular weight excluding hydrogens is 368 g/mol. The van der Waals surface area contributed by atoms with Crippen LogP contribution in [0.3, 0.4) is 0 Å². The first-order valence-electron chi connectivity index (χ1n) is 9.42. The minimum absolute atomic E-state index is 0.0312. The summed E-state index contributed by atoms with van der Waals surface area (Å²) in [6.45, 7) is 1.89. The normalized spacial score (nSPS) is 14.3. The number of hydrogen-bond donors (Lipinski definition) is 2. The topological polar surface area (TPSA) is 91.9 Å². The van der Waals surface area contributed by atoms with E-state index in [1.165, 1.54) is 12.4 Å². The van der Waals surface area contributed by atoms with E-state index in [0.29, 0.717) is 36.5 Å². The van der Waals surface area contributed by atoms with Gasteiger partial charge in [-0.1, -0.05) is 18.2 Å². The molecule has 0 radical (unpaired) electrons. The predicted octanol–water partition coefficient (Wildman–Crippen LogP) is 3.14. The molecule has 0 saturated carbocycles. The number of benzene rings is 2. The van der Waals surface area contributed by atoms with Crippen molar-refractivity contribution in [1.29, 1.82) is 5.41 Å². The quantitative estimate of drug-likeness (QED) is 0.673. The van der Waals surface area contributed by atoms with Gasteiger partial charge in [0, 0.05) is 54.9 Å². The molecule has 3 N–H and O–H groups in total. The molecule has 0 atom stereocenters. The average molecular weight is 394 g/mol. The van der Waals surface area contributed by atoms with E-state index in [1.807, 2.05) is 47.4 Å². The number of nitrogens with two attached hydrogens (primary N) is 1. The molecule has 7 nitrogen and oxygen atoms in total. The third-order valence-corrected chi connectivity index (χ3v) is 5.08. The third-order valence-electron chi connectivity index (χ3n) is 5.08. The number of rotatable bonds is 8. The number of allylic oxidation sites excluding steroid dienone is 1. The van der Waals surface area contributed by atoms with E-state index in [1.54, 1.807) is 19.1 Å². The van der Waals surface area contributed by atoms with Crippen molar-refractivity contribution >= 4 is 23.5 Å². The standard InChI is InChI=1S/C22H26N4O3/c1-28-20-6-4-3-5-16(20)9-10-25-11-12-26(22(25)27)18-7-8-19(17(14-23)15-24)21(13-18)29-2/h3-8,13-15,23H,9-12,24H2,1-2H3/b17-15+,23-14?. The van der Waals surface area contributed by atoms with E-state index in [2.05, 4.69) is 0 Å². The highest BCUT2D eigenvalue weighted by atomic mass is 16.5. The second-order valence-electron chi connectivity index (χ2n) is 6.63. The number of urea groups is 1. The molecule has 2 aromatic carbocycles. The zero-order valence-electron chi connectivity index (χ0n) is 16.7. The molecule has 0 aromatic heterocycles. The smallest absolute Gasteiger partial charge is 0.324 e. The van der Waals surface area contributed by atoms with Crippen LogP contribution in [0.5, 0.6) is 11.5 Å². The van der Waals surface area contributed by atoms with Gasteiger partial charge >= 0.3 is 6.03 Å². The van der Waals surface area contributed by atoms with Gasteiger partial charge in [0.25, 0.3) is 0 Å². The number of amides is 2. The van der Waals surface area contributed by atoms with E-state index >= 15 is 0 Å². The van der Waals surface area contributed by atoms with E-state index in [9.17, 15) is 4.79 Å². The Morgan fingerprint density at radius 2 is 1.90 bits per heavy atom. The second kappa shape index (κ2) is 9.14. The summed E-state index contributed by atoms with van der Waals surface area (Å²) in [6, 6.07) is 13.3. The number of hydrogen-bond acceptors (Lipinski definition) is 5.